The Bertz CT molecular complexity index is 727. The van der Waals surface area contributed by atoms with Gasteiger partial charge < -0.3 is 19.3 Å². The summed E-state index contributed by atoms with van der Waals surface area (Å²) in [6.45, 7) is 6.66. The van der Waals surface area contributed by atoms with Gasteiger partial charge in [-0.1, -0.05) is 12.1 Å². The Morgan fingerprint density at radius 2 is 1.70 bits per heavy atom. The Morgan fingerprint density at radius 3 is 2.43 bits per heavy atom. The summed E-state index contributed by atoms with van der Waals surface area (Å²) in [4.78, 5) is 32.7. The summed E-state index contributed by atoms with van der Waals surface area (Å²) in [5.41, 5.74) is 0.758. The van der Waals surface area contributed by atoms with Gasteiger partial charge in [-0.3, -0.25) is 14.5 Å². The van der Waals surface area contributed by atoms with Crippen LogP contribution in [0.2, 0.25) is 0 Å². The van der Waals surface area contributed by atoms with Gasteiger partial charge in [0.25, 0.3) is 5.91 Å². The second-order valence-corrected chi connectivity index (χ2v) is 9.07. The summed E-state index contributed by atoms with van der Waals surface area (Å²) >= 11 is 1.71. The summed E-state index contributed by atoms with van der Waals surface area (Å²) < 4.78 is 11.1. The van der Waals surface area contributed by atoms with Crippen LogP contribution in [0, 0.1) is 0 Å². The van der Waals surface area contributed by atoms with Gasteiger partial charge in [-0.25, -0.2) is 0 Å². The third-order valence-electron chi connectivity index (χ3n) is 5.95. The van der Waals surface area contributed by atoms with E-state index < -0.39 is 0 Å². The fraction of sp³-hybridized carbons (Fsp3) is 0.636. The van der Waals surface area contributed by atoms with Gasteiger partial charge in [-0.15, -0.1) is 11.8 Å². The molecular weight excluding hydrogens is 402 g/mol. The highest BCUT2D eigenvalue weighted by molar-refractivity contribution is 7.99. The first-order valence-electron chi connectivity index (χ1n) is 10.9. The summed E-state index contributed by atoms with van der Waals surface area (Å²) in [5, 5.41) is 0. The smallest absolute Gasteiger partial charge is 0.255 e. The molecule has 30 heavy (non-hydrogen) atoms. The number of carbonyl (C=O) groups is 2. The van der Waals surface area contributed by atoms with Crippen molar-refractivity contribution in [2.75, 3.05) is 71.4 Å². The van der Waals surface area contributed by atoms with Gasteiger partial charge in [0.1, 0.15) is 0 Å². The quantitative estimate of drug-likeness (QED) is 0.635. The Balaban J connectivity index is 1.29. The number of carbonyl (C=O) groups excluding carboxylic acids is 2. The molecule has 3 fully saturated rings. The van der Waals surface area contributed by atoms with Crippen molar-refractivity contribution in [2.45, 2.75) is 23.8 Å². The molecule has 1 atom stereocenters. The van der Waals surface area contributed by atoms with Crippen LogP contribution in [0.5, 0.6) is 0 Å². The minimum Gasteiger partial charge on any atom is -0.379 e. The molecule has 8 heteroatoms. The Morgan fingerprint density at radius 1 is 0.967 bits per heavy atom. The van der Waals surface area contributed by atoms with Crippen LogP contribution in [-0.4, -0.2) is 104 Å². The van der Waals surface area contributed by atoms with Crippen LogP contribution in [0.1, 0.15) is 23.2 Å². The van der Waals surface area contributed by atoms with Crippen molar-refractivity contribution in [2.24, 2.45) is 0 Å². The molecule has 3 aliphatic heterocycles. The molecule has 164 valence electrons. The van der Waals surface area contributed by atoms with Gasteiger partial charge in [0.05, 0.1) is 31.4 Å². The molecule has 1 aromatic rings. The molecular formula is C22H31N3O4S. The predicted octanol–water partition coefficient (Wildman–Crippen LogP) is 1.57. The van der Waals surface area contributed by atoms with E-state index in [1.54, 1.807) is 11.8 Å². The van der Waals surface area contributed by atoms with Crippen LogP contribution in [0.4, 0.5) is 0 Å². The van der Waals surface area contributed by atoms with Crippen LogP contribution < -0.4 is 0 Å². The number of amides is 2. The number of morpholine rings is 1. The van der Waals surface area contributed by atoms with Crippen molar-refractivity contribution in [1.82, 2.24) is 14.7 Å². The van der Waals surface area contributed by atoms with E-state index in [1.807, 2.05) is 34.1 Å². The van der Waals surface area contributed by atoms with Gasteiger partial charge in [0.2, 0.25) is 5.91 Å². The molecule has 3 saturated heterocycles. The first-order valence-corrected chi connectivity index (χ1v) is 11.9. The number of ether oxygens (including phenoxy) is 2. The highest BCUT2D eigenvalue weighted by Crippen LogP contribution is 2.27. The summed E-state index contributed by atoms with van der Waals surface area (Å²) in [7, 11) is 0. The normalized spacial score (nSPS) is 23.0. The first kappa shape index (κ1) is 21.6. The van der Waals surface area contributed by atoms with Gasteiger partial charge in [-0.05, 0) is 25.0 Å². The van der Waals surface area contributed by atoms with Gasteiger partial charge in [0, 0.05) is 56.5 Å². The number of rotatable bonds is 6. The zero-order valence-corrected chi connectivity index (χ0v) is 18.3. The lowest BCUT2D eigenvalue weighted by atomic mass is 10.1. The molecule has 3 aliphatic rings. The average molecular weight is 434 g/mol. The fourth-order valence-corrected chi connectivity index (χ4v) is 5.22. The Kier molecular flexibility index (Phi) is 7.65. The molecule has 0 spiro atoms. The lowest BCUT2D eigenvalue weighted by Crippen LogP contribution is -2.53. The zero-order chi connectivity index (χ0) is 20.8. The van der Waals surface area contributed by atoms with E-state index in [-0.39, 0.29) is 11.8 Å². The maximum absolute atomic E-state index is 13.2. The van der Waals surface area contributed by atoms with Crippen LogP contribution in [-0.2, 0) is 14.3 Å². The molecule has 0 aromatic heterocycles. The van der Waals surface area contributed by atoms with Gasteiger partial charge >= 0.3 is 0 Å². The molecule has 4 rings (SSSR count). The van der Waals surface area contributed by atoms with Crippen molar-refractivity contribution in [3.63, 3.8) is 0 Å². The summed E-state index contributed by atoms with van der Waals surface area (Å²) in [5.74, 6) is 1.09. The standard InChI is InChI=1S/C22H31N3O4S/c26-21(16-23-11-14-28-15-12-23)24-7-9-25(10-8-24)22(27)19-5-1-2-6-20(19)30-17-18-4-3-13-29-18/h1-2,5-6,18H,3-4,7-17H2. The molecule has 1 aromatic carbocycles. The van der Waals surface area contributed by atoms with E-state index in [2.05, 4.69) is 4.90 Å². The molecule has 7 nitrogen and oxygen atoms in total. The number of thioether (sulfide) groups is 1. The number of nitrogens with zero attached hydrogens (tertiary/aromatic N) is 3. The van der Waals surface area contributed by atoms with E-state index in [4.69, 9.17) is 9.47 Å². The van der Waals surface area contributed by atoms with E-state index in [1.165, 1.54) is 0 Å². The second kappa shape index (κ2) is 10.6. The fourth-order valence-electron chi connectivity index (χ4n) is 4.11. The van der Waals surface area contributed by atoms with E-state index in [0.717, 1.165) is 48.7 Å². The largest absolute Gasteiger partial charge is 0.379 e. The second-order valence-electron chi connectivity index (χ2n) is 8.00. The number of piperazine rings is 1. The predicted molar refractivity (Wildman–Crippen MR) is 116 cm³/mol. The van der Waals surface area contributed by atoms with Crippen LogP contribution >= 0.6 is 11.8 Å². The molecule has 3 heterocycles. The molecule has 0 aliphatic carbocycles. The van der Waals surface area contributed by atoms with Crippen molar-refractivity contribution in [1.29, 1.82) is 0 Å². The highest BCUT2D eigenvalue weighted by atomic mass is 32.2. The van der Waals surface area contributed by atoms with Crippen molar-refractivity contribution in [3.8, 4) is 0 Å². The molecule has 0 saturated carbocycles. The van der Waals surface area contributed by atoms with Crippen molar-refractivity contribution in [3.05, 3.63) is 29.8 Å². The monoisotopic (exact) mass is 433 g/mol. The lowest BCUT2D eigenvalue weighted by molar-refractivity contribution is -0.134. The molecule has 2 amide bonds. The summed E-state index contributed by atoms with van der Waals surface area (Å²) in [6.07, 6.45) is 2.52. The SMILES string of the molecule is O=C(CN1CCOCC1)N1CCN(C(=O)c2ccccc2SCC2CCCO2)CC1. The third kappa shape index (κ3) is 5.55. The number of hydrogen-bond donors (Lipinski definition) is 0. The van der Waals surface area contributed by atoms with Gasteiger partial charge in [-0.2, -0.15) is 0 Å². The minimum absolute atomic E-state index is 0.0609. The maximum Gasteiger partial charge on any atom is 0.255 e. The van der Waals surface area contributed by atoms with E-state index >= 15 is 0 Å². The third-order valence-corrected chi connectivity index (χ3v) is 7.15. The zero-order valence-electron chi connectivity index (χ0n) is 17.5. The number of benzene rings is 1. The van der Waals surface area contributed by atoms with Crippen molar-refractivity contribution >= 4 is 23.6 Å². The lowest BCUT2D eigenvalue weighted by Gasteiger charge is -2.36. The summed E-state index contributed by atoms with van der Waals surface area (Å²) in [6, 6.07) is 7.84. The van der Waals surface area contributed by atoms with E-state index in [0.29, 0.717) is 52.0 Å². The van der Waals surface area contributed by atoms with E-state index in [9.17, 15) is 9.59 Å². The Labute approximate surface area is 182 Å². The number of hydrogen-bond acceptors (Lipinski definition) is 6. The van der Waals surface area contributed by atoms with Crippen LogP contribution in [0.15, 0.2) is 29.2 Å². The van der Waals surface area contributed by atoms with Crippen molar-refractivity contribution < 1.29 is 19.1 Å². The van der Waals surface area contributed by atoms with Crippen LogP contribution in [0.3, 0.4) is 0 Å². The Hall–Kier alpha value is -1.61. The minimum atomic E-state index is 0.0609. The topological polar surface area (TPSA) is 62.3 Å². The molecule has 0 N–H and O–H groups in total. The first-order chi connectivity index (χ1) is 14.7. The highest BCUT2D eigenvalue weighted by Gasteiger charge is 2.27. The van der Waals surface area contributed by atoms with Gasteiger partial charge in [0.15, 0.2) is 0 Å². The molecule has 0 bridgehead atoms. The maximum atomic E-state index is 13.2. The average Bonchev–Trinajstić information content (AvgIpc) is 3.32. The van der Waals surface area contributed by atoms with Crippen LogP contribution in [0.25, 0.3) is 0 Å². The molecule has 0 radical (unpaired) electrons. The molecule has 1 unspecified atom stereocenters.